The van der Waals surface area contributed by atoms with Crippen molar-refractivity contribution >= 4 is 16.7 Å². The molecule has 0 bridgehead atoms. The van der Waals surface area contributed by atoms with Crippen molar-refractivity contribution < 1.29 is 9.53 Å². The van der Waals surface area contributed by atoms with Crippen molar-refractivity contribution in [2.75, 3.05) is 19.7 Å². The molecule has 1 saturated heterocycles. The van der Waals surface area contributed by atoms with Gasteiger partial charge in [-0.3, -0.25) is 9.69 Å². The number of hydrogen-bond acceptors (Lipinski definition) is 3. The minimum absolute atomic E-state index is 0.0197. The Labute approximate surface area is 172 Å². The van der Waals surface area contributed by atoms with Crippen LogP contribution in [0.15, 0.2) is 66.7 Å². The Hall–Kier alpha value is -2.85. The second-order valence-electron chi connectivity index (χ2n) is 7.73. The first kappa shape index (κ1) is 19.5. The van der Waals surface area contributed by atoms with Crippen LogP contribution in [0.4, 0.5) is 0 Å². The van der Waals surface area contributed by atoms with Crippen LogP contribution in [0, 0.1) is 0 Å². The number of nitrogens with zero attached hydrogens (tertiary/aromatic N) is 1. The van der Waals surface area contributed by atoms with E-state index in [4.69, 9.17) is 4.74 Å². The molecule has 0 atom stereocenters. The summed E-state index contributed by atoms with van der Waals surface area (Å²) >= 11 is 0. The van der Waals surface area contributed by atoms with Gasteiger partial charge in [0.15, 0.2) is 6.61 Å². The fraction of sp³-hybridized carbons (Fsp3) is 0.320. The molecule has 3 aromatic rings. The van der Waals surface area contributed by atoms with Crippen molar-refractivity contribution in [1.82, 2.24) is 10.2 Å². The Morgan fingerprint density at radius 1 is 0.862 bits per heavy atom. The Balaban J connectivity index is 1.26. The number of nitrogens with one attached hydrogen (secondary N) is 1. The number of carbonyl (C=O) groups is 1. The highest BCUT2D eigenvalue weighted by atomic mass is 16.5. The number of likely N-dealkylation sites (tertiary alicyclic amines) is 1. The van der Waals surface area contributed by atoms with E-state index in [2.05, 4.69) is 40.5 Å². The van der Waals surface area contributed by atoms with Crippen LogP contribution in [0.3, 0.4) is 0 Å². The van der Waals surface area contributed by atoms with E-state index in [9.17, 15) is 4.79 Å². The molecule has 1 aliphatic heterocycles. The van der Waals surface area contributed by atoms with Crippen LogP contribution >= 0.6 is 0 Å². The Morgan fingerprint density at radius 2 is 1.66 bits per heavy atom. The number of hydrogen-bond donors (Lipinski definition) is 1. The molecule has 150 valence electrons. The molecule has 0 radical (unpaired) electrons. The highest BCUT2D eigenvalue weighted by molar-refractivity contribution is 5.84. The average Bonchev–Trinajstić information content (AvgIpc) is 2.77. The number of carbonyl (C=O) groups excluding carboxylic acids is 1. The zero-order chi connectivity index (χ0) is 19.9. The maximum atomic E-state index is 12.2. The second-order valence-corrected chi connectivity index (χ2v) is 7.73. The predicted octanol–water partition coefficient (Wildman–Crippen LogP) is 4.52. The SMILES string of the molecule is O=C(COc1ccc2ccccc2c1)NCc1cccc(CN2CCCCC2)c1. The first-order valence-electron chi connectivity index (χ1n) is 10.4. The average molecular weight is 389 g/mol. The Morgan fingerprint density at radius 3 is 2.52 bits per heavy atom. The molecule has 0 spiro atoms. The molecule has 29 heavy (non-hydrogen) atoms. The summed E-state index contributed by atoms with van der Waals surface area (Å²) in [6.07, 6.45) is 3.95. The van der Waals surface area contributed by atoms with E-state index >= 15 is 0 Å². The van der Waals surface area contributed by atoms with E-state index in [1.807, 2.05) is 36.4 Å². The van der Waals surface area contributed by atoms with Gasteiger partial charge < -0.3 is 10.1 Å². The monoisotopic (exact) mass is 388 g/mol. The summed E-state index contributed by atoms with van der Waals surface area (Å²) in [4.78, 5) is 14.7. The molecule has 1 amide bonds. The van der Waals surface area contributed by atoms with Crippen molar-refractivity contribution in [2.24, 2.45) is 0 Å². The zero-order valence-corrected chi connectivity index (χ0v) is 16.8. The van der Waals surface area contributed by atoms with Gasteiger partial charge in [0.2, 0.25) is 0 Å². The van der Waals surface area contributed by atoms with E-state index in [-0.39, 0.29) is 12.5 Å². The smallest absolute Gasteiger partial charge is 0.258 e. The zero-order valence-electron chi connectivity index (χ0n) is 16.8. The highest BCUT2D eigenvalue weighted by Crippen LogP contribution is 2.20. The van der Waals surface area contributed by atoms with Gasteiger partial charge in [0.1, 0.15) is 5.75 Å². The number of benzene rings is 3. The van der Waals surface area contributed by atoms with Crippen LogP contribution in [0.25, 0.3) is 10.8 Å². The van der Waals surface area contributed by atoms with Crippen molar-refractivity contribution in [2.45, 2.75) is 32.4 Å². The lowest BCUT2D eigenvalue weighted by Crippen LogP contribution is -2.29. The van der Waals surface area contributed by atoms with Crippen LogP contribution in [0.5, 0.6) is 5.75 Å². The topological polar surface area (TPSA) is 41.6 Å². The number of amides is 1. The van der Waals surface area contributed by atoms with Gasteiger partial charge in [-0.2, -0.15) is 0 Å². The quantitative estimate of drug-likeness (QED) is 0.647. The molecule has 0 unspecified atom stereocenters. The number of piperidine rings is 1. The Bertz CT molecular complexity index is 964. The Kier molecular flexibility index (Phi) is 6.42. The van der Waals surface area contributed by atoms with Crippen LogP contribution in [-0.4, -0.2) is 30.5 Å². The van der Waals surface area contributed by atoms with E-state index in [0.29, 0.717) is 12.3 Å². The third-order valence-corrected chi connectivity index (χ3v) is 5.43. The standard InChI is InChI=1S/C25H28N2O2/c28-25(19-29-24-12-11-22-9-2-3-10-23(22)16-24)26-17-20-7-6-8-21(15-20)18-27-13-4-1-5-14-27/h2-3,6-12,15-16H,1,4-5,13-14,17-19H2,(H,26,28). The van der Waals surface area contributed by atoms with Gasteiger partial charge in [-0.15, -0.1) is 0 Å². The van der Waals surface area contributed by atoms with E-state index in [1.54, 1.807) is 0 Å². The minimum Gasteiger partial charge on any atom is -0.484 e. The van der Waals surface area contributed by atoms with Crippen molar-refractivity contribution in [3.8, 4) is 5.75 Å². The summed E-state index contributed by atoms with van der Waals surface area (Å²) in [5.41, 5.74) is 2.43. The molecular weight excluding hydrogens is 360 g/mol. The summed E-state index contributed by atoms with van der Waals surface area (Å²) in [7, 11) is 0. The van der Waals surface area contributed by atoms with Crippen molar-refractivity contribution in [3.05, 3.63) is 77.9 Å². The van der Waals surface area contributed by atoms with Crippen LogP contribution < -0.4 is 10.1 Å². The third kappa shape index (κ3) is 5.58. The molecule has 3 aromatic carbocycles. The van der Waals surface area contributed by atoms with E-state index in [1.165, 1.54) is 37.9 Å². The number of fused-ring (bicyclic) bond motifs is 1. The van der Waals surface area contributed by atoms with Gasteiger partial charge in [0.05, 0.1) is 0 Å². The van der Waals surface area contributed by atoms with Crippen molar-refractivity contribution in [3.63, 3.8) is 0 Å². The molecule has 0 aromatic heterocycles. The first-order valence-corrected chi connectivity index (χ1v) is 10.4. The molecular formula is C25H28N2O2. The maximum Gasteiger partial charge on any atom is 0.258 e. The summed E-state index contributed by atoms with van der Waals surface area (Å²) in [6.45, 7) is 3.91. The number of ether oxygens (including phenoxy) is 1. The summed E-state index contributed by atoms with van der Waals surface area (Å²) in [5, 5.41) is 5.23. The minimum atomic E-state index is -0.111. The van der Waals surface area contributed by atoms with Gasteiger partial charge in [-0.25, -0.2) is 0 Å². The fourth-order valence-corrected chi connectivity index (χ4v) is 3.87. The third-order valence-electron chi connectivity index (χ3n) is 5.43. The lowest BCUT2D eigenvalue weighted by Gasteiger charge is -2.26. The van der Waals surface area contributed by atoms with Crippen LogP contribution in [0.1, 0.15) is 30.4 Å². The van der Waals surface area contributed by atoms with Gasteiger partial charge in [0.25, 0.3) is 5.91 Å². The van der Waals surface area contributed by atoms with Gasteiger partial charge in [0, 0.05) is 13.1 Å². The molecule has 4 heteroatoms. The molecule has 0 saturated carbocycles. The largest absolute Gasteiger partial charge is 0.484 e. The molecule has 1 aliphatic rings. The lowest BCUT2D eigenvalue weighted by atomic mass is 10.1. The fourth-order valence-electron chi connectivity index (χ4n) is 3.87. The van der Waals surface area contributed by atoms with Crippen LogP contribution in [-0.2, 0) is 17.9 Å². The van der Waals surface area contributed by atoms with Gasteiger partial charge in [-0.1, -0.05) is 61.0 Å². The van der Waals surface area contributed by atoms with Crippen LogP contribution in [0.2, 0.25) is 0 Å². The molecule has 1 N–H and O–H groups in total. The van der Waals surface area contributed by atoms with E-state index < -0.39 is 0 Å². The molecule has 0 aliphatic carbocycles. The molecule has 1 heterocycles. The molecule has 4 rings (SSSR count). The second kappa shape index (κ2) is 9.57. The first-order chi connectivity index (χ1) is 14.3. The predicted molar refractivity (Wildman–Crippen MR) is 117 cm³/mol. The molecule has 4 nitrogen and oxygen atoms in total. The summed E-state index contributed by atoms with van der Waals surface area (Å²) < 4.78 is 5.67. The van der Waals surface area contributed by atoms with Crippen molar-refractivity contribution in [1.29, 1.82) is 0 Å². The van der Waals surface area contributed by atoms with Gasteiger partial charge in [-0.05, 0) is 60.0 Å². The maximum absolute atomic E-state index is 12.2. The van der Waals surface area contributed by atoms with Gasteiger partial charge >= 0.3 is 0 Å². The summed E-state index contributed by atoms with van der Waals surface area (Å²) in [5.74, 6) is 0.599. The highest BCUT2D eigenvalue weighted by Gasteiger charge is 2.11. The summed E-state index contributed by atoms with van der Waals surface area (Å²) in [6, 6.07) is 22.5. The lowest BCUT2D eigenvalue weighted by molar-refractivity contribution is -0.123. The normalized spacial score (nSPS) is 14.6. The number of rotatable bonds is 7. The van der Waals surface area contributed by atoms with E-state index in [0.717, 1.165) is 22.9 Å². The molecule has 1 fully saturated rings.